The molecule has 0 saturated heterocycles. The van der Waals surface area contributed by atoms with Gasteiger partial charge in [-0.2, -0.15) is 0 Å². The molecule has 0 radical (unpaired) electrons. The highest BCUT2D eigenvalue weighted by molar-refractivity contribution is 5.54. The fraction of sp³-hybridized carbons (Fsp3) is 0.333. The van der Waals surface area contributed by atoms with Crippen molar-refractivity contribution in [1.82, 2.24) is 5.32 Å². The Morgan fingerprint density at radius 3 is 2.35 bits per heavy atom. The minimum absolute atomic E-state index is 0.353. The van der Waals surface area contributed by atoms with Crippen LogP contribution >= 0.6 is 0 Å². The molecule has 1 N–H and O–H groups in total. The third kappa shape index (κ3) is 3.40. The highest BCUT2D eigenvalue weighted by Crippen LogP contribution is 2.26. The summed E-state index contributed by atoms with van der Waals surface area (Å²) in [5.41, 5.74) is 5.27. The van der Waals surface area contributed by atoms with E-state index < -0.39 is 0 Å². The van der Waals surface area contributed by atoms with Gasteiger partial charge >= 0.3 is 0 Å². The molecule has 0 saturated carbocycles. The predicted octanol–water partition coefficient (Wildman–Crippen LogP) is 3.91. The Kier molecular flexibility index (Phi) is 4.80. The van der Waals surface area contributed by atoms with E-state index in [0.717, 1.165) is 6.54 Å². The Labute approximate surface area is 122 Å². The van der Waals surface area contributed by atoms with Crippen molar-refractivity contribution in [2.75, 3.05) is 19.0 Å². The molecule has 0 spiro atoms. The lowest BCUT2D eigenvalue weighted by molar-refractivity contribution is 0.649. The molecule has 0 aliphatic rings. The molecular formula is C18H24N2. The predicted molar refractivity (Wildman–Crippen MR) is 87.2 cm³/mol. The Morgan fingerprint density at radius 2 is 1.70 bits per heavy atom. The van der Waals surface area contributed by atoms with Crippen molar-refractivity contribution in [2.45, 2.75) is 26.4 Å². The van der Waals surface area contributed by atoms with Gasteiger partial charge in [0.05, 0.1) is 0 Å². The van der Waals surface area contributed by atoms with Crippen LogP contribution in [0.5, 0.6) is 0 Å². The molecule has 20 heavy (non-hydrogen) atoms. The van der Waals surface area contributed by atoms with Crippen molar-refractivity contribution < 1.29 is 0 Å². The van der Waals surface area contributed by atoms with Gasteiger partial charge in [0.2, 0.25) is 0 Å². The Hall–Kier alpha value is -1.80. The third-order valence-electron chi connectivity index (χ3n) is 3.79. The second kappa shape index (κ2) is 6.58. The second-order valence-electron chi connectivity index (χ2n) is 5.41. The molecule has 0 heterocycles. The highest BCUT2D eigenvalue weighted by atomic mass is 15.1. The van der Waals surface area contributed by atoms with E-state index >= 15 is 0 Å². The third-order valence-corrected chi connectivity index (χ3v) is 3.79. The fourth-order valence-electron chi connectivity index (χ4n) is 2.41. The van der Waals surface area contributed by atoms with Crippen molar-refractivity contribution in [1.29, 1.82) is 0 Å². The van der Waals surface area contributed by atoms with Crippen LogP contribution in [0.3, 0.4) is 0 Å². The van der Waals surface area contributed by atoms with E-state index in [9.17, 15) is 0 Å². The van der Waals surface area contributed by atoms with Crippen molar-refractivity contribution in [3.8, 4) is 0 Å². The Bertz CT molecular complexity index is 546. The van der Waals surface area contributed by atoms with Crippen molar-refractivity contribution >= 4 is 5.69 Å². The van der Waals surface area contributed by atoms with Gasteiger partial charge in [-0.3, -0.25) is 0 Å². The number of aryl methyl sites for hydroxylation is 1. The lowest BCUT2D eigenvalue weighted by Crippen LogP contribution is -2.21. The molecule has 2 heteroatoms. The van der Waals surface area contributed by atoms with Gasteiger partial charge in [0.1, 0.15) is 0 Å². The largest absolute Gasteiger partial charge is 0.370 e. The minimum atomic E-state index is 0.353. The maximum absolute atomic E-state index is 3.32. The molecule has 0 aliphatic carbocycles. The summed E-state index contributed by atoms with van der Waals surface area (Å²) in [5.74, 6) is 0. The molecular weight excluding hydrogens is 244 g/mol. The van der Waals surface area contributed by atoms with Gasteiger partial charge in [0.25, 0.3) is 0 Å². The van der Waals surface area contributed by atoms with E-state index in [0.29, 0.717) is 6.04 Å². The topological polar surface area (TPSA) is 15.3 Å². The molecule has 2 rings (SSSR count). The van der Waals surface area contributed by atoms with Crippen LogP contribution in [-0.2, 0) is 6.54 Å². The summed E-state index contributed by atoms with van der Waals surface area (Å²) in [7, 11) is 4.16. The lowest BCUT2D eigenvalue weighted by atomic mass is 10.0. The molecule has 106 valence electrons. The summed E-state index contributed by atoms with van der Waals surface area (Å²) in [6, 6.07) is 17.7. The Morgan fingerprint density at radius 1 is 1.05 bits per heavy atom. The Balaban J connectivity index is 2.20. The maximum Gasteiger partial charge on any atom is 0.0426 e. The van der Waals surface area contributed by atoms with Gasteiger partial charge in [0, 0.05) is 25.3 Å². The van der Waals surface area contributed by atoms with Crippen molar-refractivity contribution in [3.05, 3.63) is 65.2 Å². The van der Waals surface area contributed by atoms with Crippen LogP contribution in [0.4, 0.5) is 5.69 Å². The number of benzene rings is 2. The zero-order chi connectivity index (χ0) is 14.5. The molecule has 2 nitrogen and oxygen atoms in total. The van der Waals surface area contributed by atoms with Crippen LogP contribution in [0, 0.1) is 6.92 Å². The van der Waals surface area contributed by atoms with E-state index in [4.69, 9.17) is 0 Å². The lowest BCUT2D eigenvalue weighted by Gasteiger charge is -2.25. The number of hydrogen-bond donors (Lipinski definition) is 1. The van der Waals surface area contributed by atoms with Crippen LogP contribution in [0.15, 0.2) is 48.5 Å². The van der Waals surface area contributed by atoms with Gasteiger partial charge in [-0.1, -0.05) is 48.0 Å². The van der Waals surface area contributed by atoms with Gasteiger partial charge in [-0.15, -0.1) is 0 Å². The van der Waals surface area contributed by atoms with E-state index in [-0.39, 0.29) is 0 Å². The molecule has 0 amide bonds. The van der Waals surface area contributed by atoms with Crippen LogP contribution in [0.2, 0.25) is 0 Å². The summed E-state index contributed by atoms with van der Waals surface area (Å²) < 4.78 is 0. The van der Waals surface area contributed by atoms with Crippen LogP contribution in [-0.4, -0.2) is 14.1 Å². The average molecular weight is 268 g/mol. The first-order valence-corrected chi connectivity index (χ1v) is 7.14. The first-order chi connectivity index (χ1) is 9.61. The fourth-order valence-corrected chi connectivity index (χ4v) is 2.41. The zero-order valence-corrected chi connectivity index (χ0v) is 12.9. The molecule has 2 aromatic carbocycles. The molecule has 1 atom stereocenters. The van der Waals surface area contributed by atoms with Gasteiger partial charge in [-0.05, 0) is 38.1 Å². The highest BCUT2D eigenvalue weighted by Gasteiger charge is 2.11. The summed E-state index contributed by atoms with van der Waals surface area (Å²) in [4.78, 5) is 2.31. The number of anilines is 1. The van der Waals surface area contributed by atoms with Crippen LogP contribution in [0.25, 0.3) is 0 Å². The normalized spacial score (nSPS) is 12.2. The summed E-state index contributed by atoms with van der Waals surface area (Å²) in [6.07, 6.45) is 0. The molecule has 0 fully saturated rings. The quantitative estimate of drug-likeness (QED) is 0.884. The SMILES string of the molecule is CNC(C)c1ccccc1N(C)Cc1ccc(C)cc1. The van der Waals surface area contributed by atoms with E-state index in [1.807, 2.05) is 7.05 Å². The van der Waals surface area contributed by atoms with Crippen LogP contribution in [0.1, 0.15) is 29.7 Å². The number of rotatable bonds is 5. The second-order valence-corrected chi connectivity index (χ2v) is 5.41. The van der Waals surface area contributed by atoms with Crippen LogP contribution < -0.4 is 10.2 Å². The van der Waals surface area contributed by atoms with Crippen molar-refractivity contribution in [3.63, 3.8) is 0 Å². The summed E-state index contributed by atoms with van der Waals surface area (Å²) >= 11 is 0. The monoisotopic (exact) mass is 268 g/mol. The van der Waals surface area contributed by atoms with Gasteiger partial charge in [0.15, 0.2) is 0 Å². The maximum atomic E-state index is 3.32. The summed E-state index contributed by atoms with van der Waals surface area (Å²) in [5, 5.41) is 3.32. The van der Waals surface area contributed by atoms with Gasteiger partial charge < -0.3 is 10.2 Å². The molecule has 0 aliphatic heterocycles. The minimum Gasteiger partial charge on any atom is -0.370 e. The molecule has 1 unspecified atom stereocenters. The standard InChI is InChI=1S/C18H24N2/c1-14-9-11-16(12-10-14)13-20(4)18-8-6-5-7-17(18)15(2)19-3/h5-12,15,19H,13H2,1-4H3. The van der Waals surface area contributed by atoms with E-state index in [1.165, 1.54) is 22.4 Å². The summed E-state index contributed by atoms with van der Waals surface area (Å²) in [6.45, 7) is 5.24. The number of nitrogens with one attached hydrogen (secondary N) is 1. The smallest absolute Gasteiger partial charge is 0.0426 e. The first-order valence-electron chi connectivity index (χ1n) is 7.14. The first kappa shape index (κ1) is 14.6. The number of nitrogens with zero attached hydrogens (tertiary/aromatic N) is 1. The van der Waals surface area contributed by atoms with E-state index in [1.54, 1.807) is 0 Å². The molecule has 0 aromatic heterocycles. The van der Waals surface area contributed by atoms with E-state index in [2.05, 4.69) is 79.6 Å². The number of hydrogen-bond acceptors (Lipinski definition) is 2. The molecule has 2 aromatic rings. The zero-order valence-electron chi connectivity index (χ0n) is 12.9. The van der Waals surface area contributed by atoms with Crippen molar-refractivity contribution in [2.24, 2.45) is 0 Å². The van der Waals surface area contributed by atoms with Gasteiger partial charge in [-0.25, -0.2) is 0 Å². The molecule has 0 bridgehead atoms. The number of para-hydroxylation sites is 1. The average Bonchev–Trinajstić information content (AvgIpc) is 2.48.